The monoisotopic (exact) mass is 877 g/mol. The minimum absolute atomic E-state index is 0.206. The predicted molar refractivity (Wildman–Crippen MR) is 256 cm³/mol. The molecule has 0 saturated carbocycles. The van der Waals surface area contributed by atoms with Crippen LogP contribution < -0.4 is 18.9 Å². The van der Waals surface area contributed by atoms with Crippen molar-refractivity contribution in [1.82, 2.24) is 0 Å². The summed E-state index contributed by atoms with van der Waals surface area (Å²) in [5, 5.41) is 0. The maximum Gasteiger partial charge on any atom is 0.164 e. The van der Waals surface area contributed by atoms with Crippen molar-refractivity contribution in [2.24, 2.45) is 0 Å². The fraction of sp³-hybridized carbons (Fsp3) is 0.571. The fourth-order valence-corrected chi connectivity index (χ4v) is 9.79. The molecule has 4 aromatic rings. The van der Waals surface area contributed by atoms with Gasteiger partial charge in [0.1, 0.15) is 47.4 Å². The molecule has 348 valence electrons. The normalized spacial score (nSPS) is 21.9. The van der Waals surface area contributed by atoms with Gasteiger partial charge >= 0.3 is 0 Å². The summed E-state index contributed by atoms with van der Waals surface area (Å²) in [6.07, 6.45) is -1.14. The number of benzene rings is 4. The fourth-order valence-electron chi connectivity index (χ4n) is 9.79. The Labute approximate surface area is 384 Å². The first-order valence-corrected chi connectivity index (χ1v) is 23.1. The van der Waals surface area contributed by atoms with Gasteiger partial charge in [-0.05, 0) is 118 Å². The maximum absolute atomic E-state index is 7.08. The Morgan fingerprint density at radius 3 is 0.703 bits per heavy atom. The van der Waals surface area contributed by atoms with Gasteiger partial charge in [-0.15, -0.1) is 0 Å². The van der Waals surface area contributed by atoms with Gasteiger partial charge in [0, 0.05) is 35.1 Å². The van der Waals surface area contributed by atoms with E-state index in [0.29, 0.717) is 12.8 Å². The zero-order valence-corrected chi connectivity index (χ0v) is 42.6. The second-order valence-corrected chi connectivity index (χ2v) is 23.3. The number of rotatable bonds is 4. The van der Waals surface area contributed by atoms with Crippen LogP contribution in [-0.2, 0) is 53.4 Å². The van der Waals surface area contributed by atoms with Crippen molar-refractivity contribution in [2.75, 3.05) is 28.4 Å². The van der Waals surface area contributed by atoms with Gasteiger partial charge in [0.25, 0.3) is 0 Å². The molecule has 4 atom stereocenters. The first kappa shape index (κ1) is 47.9. The zero-order valence-electron chi connectivity index (χ0n) is 42.6. The van der Waals surface area contributed by atoms with E-state index < -0.39 is 36.0 Å². The van der Waals surface area contributed by atoms with E-state index in [0.717, 1.165) is 89.8 Å². The Morgan fingerprint density at radius 2 is 0.547 bits per heavy atom. The van der Waals surface area contributed by atoms with Crippen molar-refractivity contribution in [1.29, 1.82) is 0 Å². The van der Waals surface area contributed by atoms with Crippen molar-refractivity contribution in [3.05, 3.63) is 115 Å². The van der Waals surface area contributed by atoms with Crippen LogP contribution in [0.1, 0.15) is 202 Å². The van der Waals surface area contributed by atoms with Crippen LogP contribution in [0.5, 0.6) is 23.0 Å². The topological polar surface area (TPSA) is 73.8 Å². The minimum Gasteiger partial charge on any atom is -0.496 e. The lowest BCUT2D eigenvalue weighted by Crippen LogP contribution is -2.20. The molecule has 2 saturated heterocycles. The molecule has 0 aromatic heterocycles. The average Bonchev–Trinajstić information content (AvgIpc) is 3.68. The van der Waals surface area contributed by atoms with E-state index in [1.807, 2.05) is 27.7 Å². The molecule has 8 heteroatoms. The number of hydrogen-bond acceptors (Lipinski definition) is 8. The van der Waals surface area contributed by atoms with E-state index in [1.165, 1.54) is 0 Å². The Morgan fingerprint density at radius 1 is 0.359 bits per heavy atom. The molecule has 0 amide bonds. The van der Waals surface area contributed by atoms with Crippen LogP contribution in [0, 0.1) is 0 Å². The van der Waals surface area contributed by atoms with E-state index in [4.69, 9.17) is 37.9 Å². The summed E-state index contributed by atoms with van der Waals surface area (Å²) in [5.74, 6) is 1.18. The van der Waals surface area contributed by atoms with Gasteiger partial charge in [-0.1, -0.05) is 107 Å². The highest BCUT2D eigenvalue weighted by molar-refractivity contribution is 5.59. The van der Waals surface area contributed by atoms with Crippen LogP contribution in [0.2, 0.25) is 0 Å². The van der Waals surface area contributed by atoms with E-state index in [1.54, 1.807) is 28.4 Å². The summed E-state index contributed by atoms with van der Waals surface area (Å²) < 4.78 is 54.5. The van der Waals surface area contributed by atoms with Crippen LogP contribution in [0.25, 0.3) is 0 Å². The lowest BCUT2D eigenvalue weighted by molar-refractivity contribution is -0.148. The predicted octanol–water partition coefficient (Wildman–Crippen LogP) is 13.5. The first-order chi connectivity index (χ1) is 29.5. The van der Waals surface area contributed by atoms with Crippen LogP contribution in [0.4, 0.5) is 0 Å². The Bertz CT molecular complexity index is 2080. The summed E-state index contributed by atoms with van der Waals surface area (Å²) in [7, 11) is 7.05. The molecule has 0 spiro atoms. The summed E-state index contributed by atoms with van der Waals surface area (Å²) >= 11 is 0. The lowest BCUT2D eigenvalue weighted by Gasteiger charge is -2.31. The Hall–Kier alpha value is -4.08. The van der Waals surface area contributed by atoms with Crippen molar-refractivity contribution < 1.29 is 37.9 Å². The SMILES string of the molecule is COc1c2cc(C(C)(C)C)cc1C1OC(C)(C)OC1c1cc(C(C)(C)C)cc(c1OC)Cc1cc(C(C)(C)C)cc(c1OC)C1OC(C)(C)OC1c1cc(C(C)(C)C)cc(c1OC)C2. The molecule has 0 radical (unpaired) electrons. The molecule has 4 aromatic carbocycles. The second kappa shape index (κ2) is 16.4. The van der Waals surface area contributed by atoms with E-state index >= 15 is 0 Å². The van der Waals surface area contributed by atoms with Gasteiger partial charge in [-0.2, -0.15) is 0 Å². The second-order valence-electron chi connectivity index (χ2n) is 23.3. The number of hydrogen-bond donors (Lipinski definition) is 0. The first-order valence-electron chi connectivity index (χ1n) is 23.1. The third-order valence-corrected chi connectivity index (χ3v) is 13.2. The summed E-state index contributed by atoms with van der Waals surface area (Å²) in [6.45, 7) is 35.0. The summed E-state index contributed by atoms with van der Waals surface area (Å²) in [5.41, 5.74) is 11.6. The third kappa shape index (κ3) is 9.06. The third-order valence-electron chi connectivity index (χ3n) is 13.2. The van der Waals surface area contributed by atoms with Crippen molar-refractivity contribution in [3.63, 3.8) is 0 Å². The van der Waals surface area contributed by atoms with Crippen molar-refractivity contribution >= 4 is 0 Å². The van der Waals surface area contributed by atoms with Gasteiger partial charge in [0.05, 0.1) is 28.4 Å². The standard InChI is InChI=1S/C56H76O8/c1-51(2,3)35-23-31-21-32-24-36(52(4,5)6)29-41(44(32)58-18)49-50(64-56(15,16)63-49)42-30-38(54(10,11)12)26-34(46(42)60-20)22-33-25-37(53(7,8)9)28-40(45(33)59-19)48-47(61-55(13,14)62-48)39(27-35)43(31)57-17/h23-30,47-50H,21-22H2,1-20H3. The van der Waals surface area contributed by atoms with Crippen LogP contribution in [-0.4, -0.2) is 40.0 Å². The molecule has 3 aliphatic rings. The number of fused-ring (bicyclic) bond motifs is 14. The van der Waals surface area contributed by atoms with Crippen LogP contribution in [0.15, 0.2) is 48.5 Å². The Kier molecular flexibility index (Phi) is 12.2. The molecule has 2 aliphatic heterocycles. The summed E-state index contributed by atoms with van der Waals surface area (Å²) in [6, 6.07) is 18.2. The molecule has 0 N–H and O–H groups in total. The highest BCUT2D eigenvalue weighted by atomic mass is 16.8. The number of ether oxygens (including phenoxy) is 8. The Balaban J connectivity index is 1.67. The van der Waals surface area contributed by atoms with E-state index in [-0.39, 0.29) is 21.7 Å². The molecular formula is C56H76O8. The molecule has 8 bridgehead atoms. The molecule has 8 nitrogen and oxygen atoms in total. The van der Waals surface area contributed by atoms with E-state index in [9.17, 15) is 0 Å². The zero-order chi connectivity index (χ0) is 47.3. The highest BCUT2D eigenvalue weighted by Crippen LogP contribution is 2.57. The maximum atomic E-state index is 7.08. The largest absolute Gasteiger partial charge is 0.496 e. The molecule has 1 aliphatic carbocycles. The smallest absolute Gasteiger partial charge is 0.164 e. The van der Waals surface area contributed by atoms with E-state index in [2.05, 4.69) is 132 Å². The number of methoxy groups -OCH3 is 4. The van der Waals surface area contributed by atoms with Gasteiger partial charge < -0.3 is 37.9 Å². The molecule has 7 rings (SSSR count). The quantitative estimate of drug-likeness (QED) is 0.201. The van der Waals surface area contributed by atoms with Crippen LogP contribution >= 0.6 is 0 Å². The molecule has 2 heterocycles. The molecule has 64 heavy (non-hydrogen) atoms. The van der Waals surface area contributed by atoms with Gasteiger partial charge in [0.15, 0.2) is 11.6 Å². The molecular weight excluding hydrogens is 801 g/mol. The minimum atomic E-state index is -0.927. The highest BCUT2D eigenvalue weighted by Gasteiger charge is 2.49. The van der Waals surface area contributed by atoms with Gasteiger partial charge in [0.2, 0.25) is 0 Å². The van der Waals surface area contributed by atoms with Gasteiger partial charge in [-0.3, -0.25) is 0 Å². The van der Waals surface area contributed by atoms with Crippen molar-refractivity contribution in [3.8, 4) is 23.0 Å². The van der Waals surface area contributed by atoms with Crippen molar-refractivity contribution in [2.45, 2.75) is 181 Å². The van der Waals surface area contributed by atoms with Crippen LogP contribution in [0.3, 0.4) is 0 Å². The van der Waals surface area contributed by atoms with Gasteiger partial charge in [-0.25, -0.2) is 0 Å². The average molecular weight is 877 g/mol. The summed E-state index contributed by atoms with van der Waals surface area (Å²) in [4.78, 5) is 0. The lowest BCUT2D eigenvalue weighted by atomic mass is 9.78. The molecule has 2 fully saturated rings. The molecule has 4 unspecified atom stereocenters.